The lowest BCUT2D eigenvalue weighted by Gasteiger charge is -2.24. The summed E-state index contributed by atoms with van der Waals surface area (Å²) >= 11 is 0. The van der Waals surface area contributed by atoms with E-state index in [-0.39, 0.29) is 18.1 Å². The number of anilines is 1. The number of nitrogens with zero attached hydrogens (tertiary/aromatic N) is 2. The van der Waals surface area contributed by atoms with E-state index in [9.17, 15) is 10.2 Å². The summed E-state index contributed by atoms with van der Waals surface area (Å²) in [7, 11) is 1.96. The normalized spacial score (nSPS) is 13.4. The summed E-state index contributed by atoms with van der Waals surface area (Å²) in [5.74, 6) is 0.845. The lowest BCUT2D eigenvalue weighted by molar-refractivity contribution is 0.187. The van der Waals surface area contributed by atoms with Crippen molar-refractivity contribution in [3.05, 3.63) is 23.4 Å². The predicted octanol–water partition coefficient (Wildman–Crippen LogP) is 2.08. The lowest BCUT2D eigenvalue weighted by Crippen LogP contribution is -2.24. The maximum absolute atomic E-state index is 9.37. The first kappa shape index (κ1) is 15.9. The molecule has 19 heavy (non-hydrogen) atoms. The molecule has 0 saturated heterocycles. The summed E-state index contributed by atoms with van der Waals surface area (Å²) in [5.41, 5.74) is 1.79. The molecule has 0 amide bonds. The Bertz CT molecular complexity index is 411. The van der Waals surface area contributed by atoms with E-state index < -0.39 is 0 Å². The first-order valence-corrected chi connectivity index (χ1v) is 6.75. The number of rotatable bonds is 5. The van der Waals surface area contributed by atoms with Gasteiger partial charge in [-0.05, 0) is 31.0 Å². The Kier molecular flexibility index (Phi) is 5.32. The molecule has 1 unspecified atom stereocenters. The van der Waals surface area contributed by atoms with E-state index in [4.69, 9.17) is 0 Å². The molecule has 2 N–H and O–H groups in total. The van der Waals surface area contributed by atoms with Crippen LogP contribution < -0.4 is 4.90 Å². The van der Waals surface area contributed by atoms with Gasteiger partial charge in [-0.1, -0.05) is 20.8 Å². The third kappa shape index (κ3) is 4.80. The summed E-state index contributed by atoms with van der Waals surface area (Å²) in [5, 5.41) is 18.7. The Morgan fingerprint density at radius 2 is 1.95 bits per heavy atom. The van der Waals surface area contributed by atoms with E-state index in [1.54, 1.807) is 6.92 Å². The smallest absolute Gasteiger partial charge is 0.128 e. The molecule has 0 fully saturated rings. The van der Waals surface area contributed by atoms with Crippen LogP contribution in [0.25, 0.3) is 0 Å². The molecule has 1 aromatic rings. The quantitative estimate of drug-likeness (QED) is 0.856. The molecule has 4 nitrogen and oxygen atoms in total. The first-order chi connectivity index (χ1) is 8.74. The van der Waals surface area contributed by atoms with Crippen LogP contribution in [0, 0.1) is 0 Å². The molecular formula is C15H26N2O2. The molecule has 1 rings (SSSR count). The predicted molar refractivity (Wildman–Crippen MR) is 78.4 cm³/mol. The highest BCUT2D eigenvalue weighted by Gasteiger charge is 2.18. The molecule has 1 atom stereocenters. The third-order valence-corrected chi connectivity index (χ3v) is 3.10. The van der Waals surface area contributed by atoms with Crippen LogP contribution in [0.1, 0.15) is 45.4 Å². The fourth-order valence-electron chi connectivity index (χ4n) is 1.74. The number of hydrogen-bond donors (Lipinski definition) is 2. The molecule has 0 aliphatic heterocycles. The number of pyridine rings is 1. The molecule has 0 aliphatic rings. The van der Waals surface area contributed by atoms with Crippen molar-refractivity contribution < 1.29 is 10.2 Å². The molecule has 0 bridgehead atoms. The van der Waals surface area contributed by atoms with Crippen molar-refractivity contribution in [2.75, 3.05) is 18.5 Å². The Hall–Kier alpha value is -1.13. The topological polar surface area (TPSA) is 56.6 Å². The molecule has 4 heteroatoms. The zero-order chi connectivity index (χ0) is 14.6. The van der Waals surface area contributed by atoms with Crippen LogP contribution in [0.4, 0.5) is 5.82 Å². The van der Waals surface area contributed by atoms with Crippen LogP contribution in [0.15, 0.2) is 12.1 Å². The largest absolute Gasteiger partial charge is 0.393 e. The second kappa shape index (κ2) is 6.35. The monoisotopic (exact) mass is 266 g/mol. The molecule has 1 heterocycles. The van der Waals surface area contributed by atoms with Gasteiger partial charge in [0.1, 0.15) is 5.82 Å². The summed E-state index contributed by atoms with van der Waals surface area (Å²) < 4.78 is 0. The average molecular weight is 266 g/mol. The van der Waals surface area contributed by atoms with E-state index in [0.717, 1.165) is 23.6 Å². The molecule has 108 valence electrons. The van der Waals surface area contributed by atoms with Gasteiger partial charge in [-0.2, -0.15) is 0 Å². The van der Waals surface area contributed by atoms with Gasteiger partial charge in [0.05, 0.1) is 12.7 Å². The Morgan fingerprint density at radius 1 is 1.32 bits per heavy atom. The highest BCUT2D eigenvalue weighted by atomic mass is 16.3. The van der Waals surface area contributed by atoms with Crippen molar-refractivity contribution in [1.82, 2.24) is 4.98 Å². The maximum Gasteiger partial charge on any atom is 0.128 e. The van der Waals surface area contributed by atoms with Crippen molar-refractivity contribution >= 4 is 5.82 Å². The Labute approximate surface area is 116 Å². The van der Waals surface area contributed by atoms with Crippen LogP contribution in [-0.2, 0) is 12.0 Å². The van der Waals surface area contributed by atoms with Crippen LogP contribution in [0.2, 0.25) is 0 Å². The zero-order valence-corrected chi connectivity index (χ0v) is 12.6. The number of aliphatic hydroxyl groups is 2. The van der Waals surface area contributed by atoms with Crippen molar-refractivity contribution in [3.8, 4) is 0 Å². The van der Waals surface area contributed by atoms with E-state index in [0.29, 0.717) is 6.42 Å². The van der Waals surface area contributed by atoms with Gasteiger partial charge in [0.15, 0.2) is 0 Å². The Balaban J connectivity index is 2.99. The van der Waals surface area contributed by atoms with Gasteiger partial charge in [-0.25, -0.2) is 4.98 Å². The number of aromatic nitrogens is 1. The van der Waals surface area contributed by atoms with Crippen molar-refractivity contribution in [2.45, 2.75) is 52.2 Å². The zero-order valence-electron chi connectivity index (χ0n) is 12.6. The molecule has 0 aromatic carbocycles. The molecule has 1 aromatic heterocycles. The number of aliphatic hydroxyl groups excluding tert-OH is 2. The minimum Gasteiger partial charge on any atom is -0.393 e. The van der Waals surface area contributed by atoms with Gasteiger partial charge in [0.2, 0.25) is 0 Å². The second-order valence-corrected chi connectivity index (χ2v) is 6.19. The fourth-order valence-corrected chi connectivity index (χ4v) is 1.74. The molecule has 0 spiro atoms. The van der Waals surface area contributed by atoms with E-state index in [1.165, 1.54) is 0 Å². The first-order valence-electron chi connectivity index (χ1n) is 6.75. The van der Waals surface area contributed by atoms with Gasteiger partial charge in [-0.3, -0.25) is 0 Å². The maximum atomic E-state index is 9.37. The minimum absolute atomic E-state index is 0.0167. The molecule has 0 radical (unpaired) electrons. The van der Waals surface area contributed by atoms with Crippen molar-refractivity contribution in [3.63, 3.8) is 0 Å². The van der Waals surface area contributed by atoms with Gasteiger partial charge < -0.3 is 15.1 Å². The molecule has 0 aliphatic carbocycles. The summed E-state index contributed by atoms with van der Waals surface area (Å²) in [6.45, 7) is 8.86. The lowest BCUT2D eigenvalue weighted by atomic mass is 9.91. The summed E-state index contributed by atoms with van der Waals surface area (Å²) in [6, 6.07) is 3.85. The third-order valence-electron chi connectivity index (χ3n) is 3.10. The van der Waals surface area contributed by atoms with Crippen molar-refractivity contribution in [1.29, 1.82) is 0 Å². The van der Waals surface area contributed by atoms with E-state index in [1.807, 2.05) is 24.1 Å². The number of hydrogen-bond acceptors (Lipinski definition) is 4. The van der Waals surface area contributed by atoms with Gasteiger partial charge in [0, 0.05) is 24.7 Å². The van der Waals surface area contributed by atoms with E-state index >= 15 is 0 Å². The molecule has 0 saturated carbocycles. The van der Waals surface area contributed by atoms with Crippen molar-refractivity contribution in [2.24, 2.45) is 0 Å². The van der Waals surface area contributed by atoms with Gasteiger partial charge >= 0.3 is 0 Å². The summed E-state index contributed by atoms with van der Waals surface area (Å²) in [6.07, 6.45) is 0.386. The molecular weight excluding hydrogens is 240 g/mol. The van der Waals surface area contributed by atoms with E-state index in [2.05, 4.69) is 25.8 Å². The second-order valence-electron chi connectivity index (χ2n) is 6.19. The van der Waals surface area contributed by atoms with Gasteiger partial charge in [-0.15, -0.1) is 0 Å². The van der Waals surface area contributed by atoms with Crippen LogP contribution in [-0.4, -0.2) is 34.9 Å². The summed E-state index contributed by atoms with van der Waals surface area (Å²) in [4.78, 5) is 6.68. The van der Waals surface area contributed by atoms with Crippen LogP contribution in [0.3, 0.4) is 0 Å². The standard InChI is InChI=1S/C15H26N2O2/c1-11(19)6-7-17(5)14-9-12(10-18)8-13(16-14)15(2,3)4/h8-9,11,18-19H,6-7,10H2,1-5H3. The Morgan fingerprint density at radius 3 is 2.42 bits per heavy atom. The minimum atomic E-state index is -0.314. The SMILES string of the molecule is CC(O)CCN(C)c1cc(CO)cc(C(C)(C)C)n1. The highest BCUT2D eigenvalue weighted by molar-refractivity contribution is 5.43. The highest BCUT2D eigenvalue weighted by Crippen LogP contribution is 2.24. The van der Waals surface area contributed by atoms with Crippen LogP contribution >= 0.6 is 0 Å². The fraction of sp³-hybridized carbons (Fsp3) is 0.667. The van der Waals surface area contributed by atoms with Gasteiger partial charge in [0.25, 0.3) is 0 Å². The average Bonchev–Trinajstić information content (AvgIpc) is 2.34. The van der Waals surface area contributed by atoms with Crippen LogP contribution in [0.5, 0.6) is 0 Å².